The molecule has 0 radical (unpaired) electrons. The number of hydrogen-bond donors (Lipinski definition) is 1. The molecule has 0 bridgehead atoms. The number of sulfonamides is 1. The van der Waals surface area contributed by atoms with E-state index in [0.717, 1.165) is 15.6 Å². The molecule has 5 nitrogen and oxygen atoms in total. The van der Waals surface area contributed by atoms with E-state index in [1.165, 1.54) is 17.0 Å². The number of aryl methyl sites for hydroxylation is 2. The molecule has 0 aliphatic carbocycles. The third kappa shape index (κ3) is 5.85. The highest BCUT2D eigenvalue weighted by molar-refractivity contribution is 9.10. The van der Waals surface area contributed by atoms with Crippen molar-refractivity contribution in [3.63, 3.8) is 0 Å². The third-order valence-corrected chi connectivity index (χ3v) is 6.21. The molecular formula is C19H22BrFN2O3S. The molecule has 0 fully saturated rings. The summed E-state index contributed by atoms with van der Waals surface area (Å²) in [5.41, 5.74) is 2.27. The number of carbonyl (C=O) groups excluding carboxylic acids is 1. The minimum atomic E-state index is -3.68. The van der Waals surface area contributed by atoms with Crippen molar-refractivity contribution in [1.29, 1.82) is 0 Å². The molecule has 1 N–H and O–H groups in total. The predicted molar refractivity (Wildman–Crippen MR) is 106 cm³/mol. The van der Waals surface area contributed by atoms with Gasteiger partial charge in [0.15, 0.2) is 0 Å². The number of carbonyl (C=O) groups is 1. The van der Waals surface area contributed by atoms with Gasteiger partial charge in [-0.15, -0.1) is 0 Å². The molecule has 0 aliphatic heterocycles. The summed E-state index contributed by atoms with van der Waals surface area (Å²) >= 11 is 3.27. The molecule has 2 aromatic rings. The maximum Gasteiger partial charge on any atom is 0.240 e. The van der Waals surface area contributed by atoms with E-state index in [0.29, 0.717) is 5.56 Å². The number of hydrogen-bond acceptors (Lipinski definition) is 3. The van der Waals surface area contributed by atoms with E-state index in [-0.39, 0.29) is 30.3 Å². The third-order valence-electron chi connectivity index (χ3n) is 4.26. The van der Waals surface area contributed by atoms with Crippen molar-refractivity contribution in [2.75, 3.05) is 13.6 Å². The molecule has 0 aliphatic rings. The summed E-state index contributed by atoms with van der Waals surface area (Å²) in [6.07, 6.45) is -0.0177. The van der Waals surface area contributed by atoms with Crippen molar-refractivity contribution in [2.45, 2.75) is 31.7 Å². The monoisotopic (exact) mass is 456 g/mol. The lowest BCUT2D eigenvalue weighted by molar-refractivity contribution is -0.130. The fraction of sp³-hybridized carbons (Fsp3) is 0.316. The van der Waals surface area contributed by atoms with Crippen molar-refractivity contribution in [3.05, 3.63) is 63.4 Å². The molecule has 2 rings (SSSR count). The fourth-order valence-corrected chi connectivity index (χ4v) is 3.98. The van der Waals surface area contributed by atoms with Gasteiger partial charge in [0, 0.05) is 36.6 Å². The van der Waals surface area contributed by atoms with Gasteiger partial charge >= 0.3 is 0 Å². The molecule has 0 aromatic heterocycles. The maximum absolute atomic E-state index is 13.8. The van der Waals surface area contributed by atoms with Crippen LogP contribution in [-0.2, 0) is 21.4 Å². The van der Waals surface area contributed by atoms with Crippen molar-refractivity contribution in [2.24, 2.45) is 0 Å². The molecular weight excluding hydrogens is 435 g/mol. The van der Waals surface area contributed by atoms with E-state index in [1.807, 2.05) is 13.8 Å². The highest BCUT2D eigenvalue weighted by Gasteiger charge is 2.17. The Morgan fingerprint density at radius 2 is 1.85 bits per heavy atom. The Balaban J connectivity index is 1.92. The van der Waals surface area contributed by atoms with E-state index in [4.69, 9.17) is 0 Å². The molecule has 1 amide bonds. The lowest BCUT2D eigenvalue weighted by Gasteiger charge is -2.18. The molecule has 0 heterocycles. The minimum Gasteiger partial charge on any atom is -0.341 e. The molecule has 0 unspecified atom stereocenters. The van der Waals surface area contributed by atoms with Crippen molar-refractivity contribution in [3.8, 4) is 0 Å². The van der Waals surface area contributed by atoms with Crippen LogP contribution in [0.4, 0.5) is 4.39 Å². The van der Waals surface area contributed by atoms with Gasteiger partial charge < -0.3 is 4.90 Å². The van der Waals surface area contributed by atoms with Crippen LogP contribution in [0.2, 0.25) is 0 Å². The van der Waals surface area contributed by atoms with Crippen LogP contribution in [0.15, 0.2) is 45.8 Å². The zero-order chi connectivity index (χ0) is 20.2. The summed E-state index contributed by atoms with van der Waals surface area (Å²) in [4.78, 5) is 13.8. The molecule has 0 saturated carbocycles. The Morgan fingerprint density at radius 1 is 1.15 bits per heavy atom. The van der Waals surface area contributed by atoms with Crippen LogP contribution in [0, 0.1) is 19.7 Å². The first-order valence-corrected chi connectivity index (χ1v) is 10.6. The van der Waals surface area contributed by atoms with E-state index in [2.05, 4.69) is 20.7 Å². The SMILES string of the molecule is Cc1ccc(S(=O)(=O)NCCC(=O)N(C)Cc2cc(Br)ccc2F)cc1C. The minimum absolute atomic E-state index is 0.0177. The van der Waals surface area contributed by atoms with Crippen molar-refractivity contribution in [1.82, 2.24) is 9.62 Å². The summed E-state index contributed by atoms with van der Waals surface area (Å²) < 4.78 is 41.6. The zero-order valence-electron chi connectivity index (χ0n) is 15.4. The zero-order valence-corrected chi connectivity index (χ0v) is 17.8. The van der Waals surface area contributed by atoms with Crippen LogP contribution >= 0.6 is 15.9 Å². The van der Waals surface area contributed by atoms with Crippen molar-refractivity contribution >= 4 is 31.9 Å². The first-order chi connectivity index (χ1) is 12.6. The molecule has 0 spiro atoms. The predicted octanol–water partition coefficient (Wildman–Crippen LogP) is 3.53. The molecule has 0 atom stereocenters. The molecule has 8 heteroatoms. The number of benzene rings is 2. The second kappa shape index (κ2) is 8.95. The Morgan fingerprint density at radius 3 is 2.52 bits per heavy atom. The van der Waals surface area contributed by atoms with Crippen LogP contribution < -0.4 is 4.72 Å². The van der Waals surface area contributed by atoms with E-state index in [1.54, 1.807) is 31.3 Å². The average molecular weight is 457 g/mol. The summed E-state index contributed by atoms with van der Waals surface area (Å²) in [6, 6.07) is 9.41. The first kappa shape index (κ1) is 21.5. The first-order valence-electron chi connectivity index (χ1n) is 8.35. The Kier molecular flexibility index (Phi) is 7.13. The van der Waals surface area contributed by atoms with Gasteiger partial charge in [0.25, 0.3) is 0 Å². The largest absolute Gasteiger partial charge is 0.341 e. The summed E-state index contributed by atoms with van der Waals surface area (Å²) in [5, 5.41) is 0. The number of amides is 1. The Bertz CT molecular complexity index is 948. The normalized spacial score (nSPS) is 11.4. The van der Waals surface area contributed by atoms with Gasteiger partial charge in [0.1, 0.15) is 5.82 Å². The quantitative estimate of drug-likeness (QED) is 0.692. The number of halogens is 2. The molecule has 0 saturated heterocycles. The van der Waals surface area contributed by atoms with E-state index in [9.17, 15) is 17.6 Å². The fourth-order valence-electron chi connectivity index (χ4n) is 2.46. The van der Waals surface area contributed by atoms with E-state index >= 15 is 0 Å². The second-order valence-corrected chi connectivity index (χ2v) is 9.06. The van der Waals surface area contributed by atoms with Gasteiger partial charge in [0.2, 0.25) is 15.9 Å². The van der Waals surface area contributed by atoms with Crippen LogP contribution in [0.25, 0.3) is 0 Å². The summed E-state index contributed by atoms with van der Waals surface area (Å²) in [6.45, 7) is 3.82. The molecule has 2 aromatic carbocycles. The van der Waals surface area contributed by atoms with Crippen LogP contribution in [-0.4, -0.2) is 32.8 Å². The standard InChI is InChI=1S/C19H22BrFN2O3S/c1-13-4-6-17(10-14(13)2)27(25,26)22-9-8-19(24)23(3)12-15-11-16(20)5-7-18(15)21/h4-7,10-11,22H,8-9,12H2,1-3H3. The number of nitrogens with zero attached hydrogens (tertiary/aromatic N) is 1. The van der Waals surface area contributed by atoms with Crippen LogP contribution in [0.3, 0.4) is 0 Å². The highest BCUT2D eigenvalue weighted by atomic mass is 79.9. The number of rotatable bonds is 7. The Labute approximate surface area is 167 Å². The second-order valence-electron chi connectivity index (χ2n) is 6.38. The van der Waals surface area contributed by atoms with Gasteiger partial charge in [-0.1, -0.05) is 22.0 Å². The van der Waals surface area contributed by atoms with E-state index < -0.39 is 15.8 Å². The van der Waals surface area contributed by atoms with Crippen LogP contribution in [0.1, 0.15) is 23.1 Å². The van der Waals surface area contributed by atoms with Gasteiger partial charge in [-0.25, -0.2) is 17.5 Å². The molecule has 27 heavy (non-hydrogen) atoms. The van der Waals surface area contributed by atoms with Gasteiger partial charge in [0.05, 0.1) is 4.90 Å². The topological polar surface area (TPSA) is 66.5 Å². The number of nitrogens with one attached hydrogen (secondary N) is 1. The summed E-state index contributed by atoms with van der Waals surface area (Å²) in [7, 11) is -2.12. The lowest BCUT2D eigenvalue weighted by Crippen LogP contribution is -2.32. The lowest BCUT2D eigenvalue weighted by atomic mass is 10.1. The van der Waals surface area contributed by atoms with Gasteiger partial charge in [-0.3, -0.25) is 4.79 Å². The Hall–Kier alpha value is -1.77. The van der Waals surface area contributed by atoms with Gasteiger partial charge in [-0.2, -0.15) is 0 Å². The molecule has 146 valence electrons. The maximum atomic E-state index is 13.8. The summed E-state index contributed by atoms with van der Waals surface area (Å²) in [5.74, 6) is -0.676. The highest BCUT2D eigenvalue weighted by Crippen LogP contribution is 2.17. The van der Waals surface area contributed by atoms with Crippen LogP contribution in [0.5, 0.6) is 0 Å². The van der Waals surface area contributed by atoms with Crippen molar-refractivity contribution < 1.29 is 17.6 Å². The average Bonchev–Trinajstić information content (AvgIpc) is 2.60. The van der Waals surface area contributed by atoms with Gasteiger partial charge in [-0.05, 0) is 55.3 Å². The smallest absolute Gasteiger partial charge is 0.240 e.